The number of nitrogens with zero attached hydrogens (tertiary/aromatic N) is 2. The minimum atomic E-state index is 0.526. The van der Waals surface area contributed by atoms with Crippen molar-refractivity contribution in [2.45, 2.75) is 39.5 Å². The van der Waals surface area contributed by atoms with Crippen molar-refractivity contribution in [2.75, 3.05) is 17.6 Å². The largest absolute Gasteiger partial charge is 0.384 e. The average Bonchev–Trinajstić information content (AvgIpc) is 2.16. The predicted octanol–water partition coefficient (Wildman–Crippen LogP) is 2.36. The van der Waals surface area contributed by atoms with E-state index in [1.807, 2.05) is 6.92 Å². The van der Waals surface area contributed by atoms with E-state index in [1.54, 1.807) is 6.07 Å². The summed E-state index contributed by atoms with van der Waals surface area (Å²) in [6.07, 6.45) is 4.96. The quantitative estimate of drug-likeness (QED) is 0.704. The third kappa shape index (κ3) is 4.63. The van der Waals surface area contributed by atoms with Gasteiger partial charge in [0.05, 0.1) is 0 Å². The van der Waals surface area contributed by atoms with Crippen LogP contribution in [0.4, 0.5) is 11.8 Å². The molecule has 0 radical (unpaired) electrons. The fourth-order valence-corrected chi connectivity index (χ4v) is 1.42. The van der Waals surface area contributed by atoms with E-state index in [4.69, 9.17) is 5.73 Å². The summed E-state index contributed by atoms with van der Waals surface area (Å²) in [7, 11) is 0. The maximum absolute atomic E-state index is 5.62. The third-order valence-electron chi connectivity index (χ3n) is 2.19. The summed E-state index contributed by atoms with van der Waals surface area (Å²) in [5.41, 5.74) is 6.52. The van der Waals surface area contributed by atoms with Crippen molar-refractivity contribution in [3.63, 3.8) is 0 Å². The van der Waals surface area contributed by atoms with E-state index in [2.05, 4.69) is 22.2 Å². The van der Waals surface area contributed by atoms with E-state index in [1.165, 1.54) is 19.3 Å². The summed E-state index contributed by atoms with van der Waals surface area (Å²) in [4.78, 5) is 8.36. The molecule has 0 spiro atoms. The molecule has 1 aromatic heterocycles. The minimum absolute atomic E-state index is 0.526. The molecular weight excluding hydrogens is 188 g/mol. The summed E-state index contributed by atoms with van der Waals surface area (Å²) in [5, 5.41) is 3.18. The molecule has 0 unspecified atom stereocenters. The van der Waals surface area contributed by atoms with Crippen LogP contribution in [0.15, 0.2) is 6.07 Å². The summed E-state index contributed by atoms with van der Waals surface area (Å²) in [6.45, 7) is 5.04. The molecular formula is C11H20N4. The number of aromatic nitrogens is 2. The molecule has 1 rings (SSSR count). The van der Waals surface area contributed by atoms with Crippen LogP contribution in [-0.2, 0) is 0 Å². The Morgan fingerprint density at radius 3 is 2.73 bits per heavy atom. The Balaban J connectivity index is 2.31. The van der Waals surface area contributed by atoms with E-state index in [0.29, 0.717) is 11.8 Å². The Morgan fingerprint density at radius 2 is 2.07 bits per heavy atom. The van der Waals surface area contributed by atoms with Gasteiger partial charge in [0.15, 0.2) is 0 Å². The molecule has 0 saturated heterocycles. The van der Waals surface area contributed by atoms with Gasteiger partial charge in [0.2, 0.25) is 5.95 Å². The Hall–Kier alpha value is -1.32. The van der Waals surface area contributed by atoms with E-state index < -0.39 is 0 Å². The monoisotopic (exact) mass is 208 g/mol. The van der Waals surface area contributed by atoms with Gasteiger partial charge >= 0.3 is 0 Å². The normalized spacial score (nSPS) is 10.3. The van der Waals surface area contributed by atoms with Crippen molar-refractivity contribution in [2.24, 2.45) is 0 Å². The standard InChI is InChI=1S/C11H20N4/c1-3-4-5-6-7-13-11-14-9(2)8-10(12)15-11/h8H,3-7H2,1-2H3,(H3,12,13,14,15). The molecule has 4 heteroatoms. The van der Waals surface area contributed by atoms with Gasteiger partial charge in [-0.25, -0.2) is 4.98 Å². The highest BCUT2D eigenvalue weighted by molar-refractivity contribution is 5.37. The highest BCUT2D eigenvalue weighted by atomic mass is 15.1. The number of rotatable bonds is 6. The van der Waals surface area contributed by atoms with Crippen LogP contribution >= 0.6 is 0 Å². The number of nitrogens with two attached hydrogens (primary N) is 1. The van der Waals surface area contributed by atoms with Gasteiger partial charge in [-0.1, -0.05) is 26.2 Å². The molecule has 0 aliphatic heterocycles. The zero-order valence-electron chi connectivity index (χ0n) is 9.58. The highest BCUT2D eigenvalue weighted by Crippen LogP contribution is 2.06. The van der Waals surface area contributed by atoms with Gasteiger partial charge in [-0.05, 0) is 13.3 Å². The molecule has 0 saturated carbocycles. The number of anilines is 2. The molecule has 1 heterocycles. The zero-order valence-corrected chi connectivity index (χ0v) is 9.58. The van der Waals surface area contributed by atoms with Crippen molar-refractivity contribution >= 4 is 11.8 Å². The smallest absolute Gasteiger partial charge is 0.224 e. The molecule has 3 N–H and O–H groups in total. The van der Waals surface area contributed by atoms with Crippen LogP contribution in [-0.4, -0.2) is 16.5 Å². The van der Waals surface area contributed by atoms with Crippen LogP contribution in [0.3, 0.4) is 0 Å². The highest BCUT2D eigenvalue weighted by Gasteiger charge is 1.98. The molecule has 0 amide bonds. The fourth-order valence-electron chi connectivity index (χ4n) is 1.42. The molecule has 1 aromatic rings. The lowest BCUT2D eigenvalue weighted by Crippen LogP contribution is -2.07. The number of aryl methyl sites for hydroxylation is 1. The van der Waals surface area contributed by atoms with Crippen molar-refractivity contribution in [1.82, 2.24) is 9.97 Å². The van der Waals surface area contributed by atoms with Crippen molar-refractivity contribution < 1.29 is 0 Å². The Morgan fingerprint density at radius 1 is 1.27 bits per heavy atom. The maximum Gasteiger partial charge on any atom is 0.224 e. The number of unbranched alkanes of at least 4 members (excludes halogenated alkanes) is 3. The van der Waals surface area contributed by atoms with Crippen molar-refractivity contribution in [3.05, 3.63) is 11.8 Å². The van der Waals surface area contributed by atoms with E-state index in [-0.39, 0.29) is 0 Å². The minimum Gasteiger partial charge on any atom is -0.384 e. The van der Waals surface area contributed by atoms with Gasteiger partial charge in [0, 0.05) is 18.3 Å². The Kier molecular flexibility index (Phi) is 4.87. The van der Waals surface area contributed by atoms with Crippen LogP contribution in [0.5, 0.6) is 0 Å². The number of hydrogen-bond acceptors (Lipinski definition) is 4. The van der Waals surface area contributed by atoms with E-state index in [9.17, 15) is 0 Å². The van der Waals surface area contributed by atoms with Crippen LogP contribution in [0.25, 0.3) is 0 Å². The fraction of sp³-hybridized carbons (Fsp3) is 0.636. The van der Waals surface area contributed by atoms with E-state index >= 15 is 0 Å². The lowest BCUT2D eigenvalue weighted by Gasteiger charge is -2.05. The lowest BCUT2D eigenvalue weighted by molar-refractivity contribution is 0.683. The predicted molar refractivity (Wildman–Crippen MR) is 63.8 cm³/mol. The number of nitrogen functional groups attached to an aromatic ring is 1. The van der Waals surface area contributed by atoms with Gasteiger partial charge in [-0.3, -0.25) is 0 Å². The van der Waals surface area contributed by atoms with E-state index in [0.717, 1.165) is 18.7 Å². The molecule has 0 fully saturated rings. The SMILES string of the molecule is CCCCCCNc1nc(C)cc(N)n1. The van der Waals surface area contributed by atoms with Crippen LogP contribution in [0.1, 0.15) is 38.3 Å². The summed E-state index contributed by atoms with van der Waals surface area (Å²) in [6, 6.07) is 1.77. The van der Waals surface area contributed by atoms with Gasteiger partial charge in [-0.2, -0.15) is 4.98 Å². The first kappa shape index (κ1) is 11.8. The molecule has 0 bridgehead atoms. The second kappa shape index (κ2) is 6.22. The Labute approximate surface area is 91.3 Å². The van der Waals surface area contributed by atoms with Gasteiger partial charge < -0.3 is 11.1 Å². The molecule has 0 aliphatic carbocycles. The topological polar surface area (TPSA) is 63.8 Å². The van der Waals surface area contributed by atoms with Crippen LogP contribution < -0.4 is 11.1 Å². The molecule has 0 atom stereocenters. The average molecular weight is 208 g/mol. The maximum atomic E-state index is 5.62. The van der Waals surface area contributed by atoms with Gasteiger partial charge in [-0.15, -0.1) is 0 Å². The number of hydrogen-bond donors (Lipinski definition) is 2. The summed E-state index contributed by atoms with van der Waals surface area (Å²) < 4.78 is 0. The number of nitrogens with one attached hydrogen (secondary N) is 1. The molecule has 4 nitrogen and oxygen atoms in total. The molecule has 0 aromatic carbocycles. The van der Waals surface area contributed by atoms with Crippen molar-refractivity contribution in [1.29, 1.82) is 0 Å². The summed E-state index contributed by atoms with van der Waals surface area (Å²) in [5.74, 6) is 1.17. The van der Waals surface area contributed by atoms with Crippen LogP contribution in [0.2, 0.25) is 0 Å². The van der Waals surface area contributed by atoms with Crippen LogP contribution in [0, 0.1) is 6.92 Å². The first-order chi connectivity index (χ1) is 7.22. The second-order valence-corrected chi connectivity index (χ2v) is 3.75. The van der Waals surface area contributed by atoms with Gasteiger partial charge in [0.25, 0.3) is 0 Å². The Bertz CT molecular complexity index is 278. The summed E-state index contributed by atoms with van der Waals surface area (Å²) >= 11 is 0. The molecule has 0 aliphatic rings. The molecule has 15 heavy (non-hydrogen) atoms. The lowest BCUT2D eigenvalue weighted by atomic mass is 10.2. The zero-order chi connectivity index (χ0) is 11.1. The first-order valence-electron chi connectivity index (χ1n) is 5.57. The van der Waals surface area contributed by atoms with Gasteiger partial charge in [0.1, 0.15) is 5.82 Å². The second-order valence-electron chi connectivity index (χ2n) is 3.75. The first-order valence-corrected chi connectivity index (χ1v) is 5.57. The van der Waals surface area contributed by atoms with Crippen molar-refractivity contribution in [3.8, 4) is 0 Å². The molecule has 84 valence electrons. The third-order valence-corrected chi connectivity index (χ3v) is 2.19.